The Labute approximate surface area is 118 Å². The van der Waals surface area contributed by atoms with Crippen molar-refractivity contribution in [2.75, 3.05) is 26.7 Å². The molecule has 1 saturated heterocycles. The highest BCUT2D eigenvalue weighted by Crippen LogP contribution is 2.33. The van der Waals surface area contributed by atoms with Crippen LogP contribution in [0.4, 0.5) is 0 Å². The molecular weight excluding hydrogens is 236 g/mol. The Kier molecular flexibility index (Phi) is 5.28. The van der Waals surface area contributed by atoms with E-state index in [0.29, 0.717) is 6.04 Å². The summed E-state index contributed by atoms with van der Waals surface area (Å²) in [5, 5.41) is 3.57. The summed E-state index contributed by atoms with van der Waals surface area (Å²) in [7, 11) is 2.10. The molecule has 2 aliphatic rings. The maximum atomic E-state index is 5.57. The van der Waals surface area contributed by atoms with Gasteiger partial charge in [-0.2, -0.15) is 0 Å². The fraction of sp³-hybridized carbons (Fsp3) is 0.875. The molecule has 110 valence electrons. The van der Waals surface area contributed by atoms with E-state index in [0.717, 1.165) is 13.0 Å². The van der Waals surface area contributed by atoms with E-state index in [4.69, 9.17) is 4.74 Å². The highest BCUT2D eigenvalue weighted by molar-refractivity contribution is 5.18. The number of hydrogen-bond acceptors (Lipinski definition) is 3. The summed E-state index contributed by atoms with van der Waals surface area (Å²) < 4.78 is 5.57. The summed E-state index contributed by atoms with van der Waals surface area (Å²) in [5.74, 6) is 0. The van der Waals surface area contributed by atoms with Gasteiger partial charge in [-0.05, 0) is 64.7 Å². The third-order valence-corrected chi connectivity index (χ3v) is 5.04. The smallest absolute Gasteiger partial charge is 0.0876 e. The highest BCUT2D eigenvalue weighted by Gasteiger charge is 2.40. The molecule has 0 aromatic rings. The molecule has 0 bridgehead atoms. The SMILES string of the molecule is CCC(C)(C(NC)C1=COCCC1)N1CCCCC1. The van der Waals surface area contributed by atoms with E-state index >= 15 is 0 Å². The van der Waals surface area contributed by atoms with Gasteiger partial charge in [-0.1, -0.05) is 13.3 Å². The van der Waals surface area contributed by atoms with Gasteiger partial charge in [0.05, 0.1) is 12.9 Å². The summed E-state index contributed by atoms with van der Waals surface area (Å²) in [6.45, 7) is 8.12. The molecule has 0 spiro atoms. The first kappa shape index (κ1) is 14.9. The van der Waals surface area contributed by atoms with Crippen LogP contribution in [0.25, 0.3) is 0 Å². The summed E-state index contributed by atoms with van der Waals surface area (Å²) in [4.78, 5) is 2.70. The van der Waals surface area contributed by atoms with Crippen molar-refractivity contribution >= 4 is 0 Å². The second kappa shape index (κ2) is 6.76. The number of likely N-dealkylation sites (N-methyl/N-ethyl adjacent to an activating group) is 1. The van der Waals surface area contributed by atoms with Crippen LogP contribution >= 0.6 is 0 Å². The lowest BCUT2D eigenvalue weighted by Gasteiger charge is -2.49. The van der Waals surface area contributed by atoms with Gasteiger partial charge in [-0.25, -0.2) is 0 Å². The van der Waals surface area contributed by atoms with Crippen LogP contribution in [0.3, 0.4) is 0 Å². The molecule has 0 radical (unpaired) electrons. The lowest BCUT2D eigenvalue weighted by atomic mass is 9.80. The van der Waals surface area contributed by atoms with E-state index < -0.39 is 0 Å². The molecule has 2 rings (SSSR count). The fourth-order valence-corrected chi connectivity index (χ4v) is 3.71. The third-order valence-electron chi connectivity index (χ3n) is 5.04. The monoisotopic (exact) mass is 266 g/mol. The van der Waals surface area contributed by atoms with Crippen LogP contribution in [-0.2, 0) is 4.74 Å². The lowest BCUT2D eigenvalue weighted by Crippen LogP contribution is -2.60. The molecule has 0 amide bonds. The molecule has 1 N–H and O–H groups in total. The van der Waals surface area contributed by atoms with Crippen LogP contribution < -0.4 is 5.32 Å². The van der Waals surface area contributed by atoms with Gasteiger partial charge >= 0.3 is 0 Å². The van der Waals surface area contributed by atoms with Gasteiger partial charge < -0.3 is 10.1 Å². The van der Waals surface area contributed by atoms with Crippen molar-refractivity contribution in [3.05, 3.63) is 11.8 Å². The van der Waals surface area contributed by atoms with E-state index in [1.54, 1.807) is 0 Å². The molecule has 2 unspecified atom stereocenters. The highest BCUT2D eigenvalue weighted by atomic mass is 16.5. The molecule has 2 atom stereocenters. The Morgan fingerprint density at radius 1 is 1.32 bits per heavy atom. The minimum Gasteiger partial charge on any atom is -0.501 e. The Morgan fingerprint density at radius 3 is 2.58 bits per heavy atom. The van der Waals surface area contributed by atoms with E-state index in [9.17, 15) is 0 Å². The normalized spacial score (nSPS) is 26.2. The third kappa shape index (κ3) is 3.14. The van der Waals surface area contributed by atoms with E-state index in [-0.39, 0.29) is 5.54 Å². The molecule has 2 heterocycles. The number of hydrogen-bond donors (Lipinski definition) is 1. The van der Waals surface area contributed by atoms with Gasteiger partial charge in [-0.3, -0.25) is 4.90 Å². The van der Waals surface area contributed by atoms with Crippen LogP contribution in [0.15, 0.2) is 11.8 Å². The first-order chi connectivity index (χ1) is 9.22. The van der Waals surface area contributed by atoms with Crippen molar-refractivity contribution in [1.29, 1.82) is 0 Å². The van der Waals surface area contributed by atoms with Crippen LogP contribution in [0.5, 0.6) is 0 Å². The van der Waals surface area contributed by atoms with Crippen molar-refractivity contribution in [2.45, 2.75) is 64.0 Å². The number of nitrogens with one attached hydrogen (secondary N) is 1. The summed E-state index contributed by atoms with van der Waals surface area (Å²) in [6, 6.07) is 0.413. The number of rotatable bonds is 5. The average Bonchev–Trinajstić information content (AvgIpc) is 2.49. The predicted molar refractivity (Wildman–Crippen MR) is 80.2 cm³/mol. The van der Waals surface area contributed by atoms with E-state index in [1.807, 2.05) is 6.26 Å². The number of piperidine rings is 1. The van der Waals surface area contributed by atoms with E-state index in [1.165, 1.54) is 50.8 Å². The van der Waals surface area contributed by atoms with Gasteiger partial charge in [0.15, 0.2) is 0 Å². The van der Waals surface area contributed by atoms with Crippen LogP contribution in [0.2, 0.25) is 0 Å². The molecule has 3 heteroatoms. The molecule has 3 nitrogen and oxygen atoms in total. The quantitative estimate of drug-likeness (QED) is 0.828. The van der Waals surface area contributed by atoms with Crippen molar-refractivity contribution in [3.63, 3.8) is 0 Å². The summed E-state index contributed by atoms with van der Waals surface area (Å²) in [5.41, 5.74) is 1.66. The van der Waals surface area contributed by atoms with Gasteiger partial charge in [0.25, 0.3) is 0 Å². The van der Waals surface area contributed by atoms with Gasteiger partial charge in [0, 0.05) is 11.6 Å². The average molecular weight is 266 g/mol. The zero-order valence-electron chi connectivity index (χ0n) is 12.9. The van der Waals surface area contributed by atoms with Crippen LogP contribution in [-0.4, -0.2) is 43.2 Å². The summed E-state index contributed by atoms with van der Waals surface area (Å²) >= 11 is 0. The first-order valence-electron chi connectivity index (χ1n) is 7.95. The molecule has 1 fully saturated rings. The fourth-order valence-electron chi connectivity index (χ4n) is 3.71. The molecule has 0 aromatic heterocycles. The molecule has 0 saturated carbocycles. The zero-order valence-corrected chi connectivity index (χ0v) is 12.9. The number of likely N-dealkylation sites (tertiary alicyclic amines) is 1. The first-order valence-corrected chi connectivity index (χ1v) is 7.95. The maximum Gasteiger partial charge on any atom is 0.0876 e. The predicted octanol–water partition coefficient (Wildman–Crippen LogP) is 2.92. The molecule has 0 aliphatic carbocycles. The van der Waals surface area contributed by atoms with Crippen molar-refractivity contribution < 1.29 is 4.74 Å². The topological polar surface area (TPSA) is 24.5 Å². The Morgan fingerprint density at radius 2 is 2.05 bits per heavy atom. The van der Waals surface area contributed by atoms with Crippen molar-refractivity contribution in [2.24, 2.45) is 0 Å². The summed E-state index contributed by atoms with van der Waals surface area (Å²) in [6.07, 6.45) is 9.62. The van der Waals surface area contributed by atoms with Gasteiger partial charge in [0.1, 0.15) is 0 Å². The second-order valence-corrected chi connectivity index (χ2v) is 6.15. The Bertz CT molecular complexity index is 310. The molecule has 2 aliphatic heterocycles. The Balaban J connectivity index is 2.18. The minimum atomic E-state index is 0.210. The standard InChI is InChI=1S/C16H30N2O/c1-4-16(2,18-10-6-5-7-11-18)15(17-3)14-9-8-12-19-13-14/h13,15,17H,4-12H2,1-3H3. The number of nitrogens with zero attached hydrogens (tertiary/aromatic N) is 1. The van der Waals surface area contributed by atoms with E-state index in [2.05, 4.69) is 31.1 Å². The largest absolute Gasteiger partial charge is 0.501 e. The number of ether oxygens (including phenoxy) is 1. The van der Waals surface area contributed by atoms with Crippen LogP contribution in [0, 0.1) is 0 Å². The van der Waals surface area contributed by atoms with Crippen LogP contribution in [0.1, 0.15) is 52.4 Å². The lowest BCUT2D eigenvalue weighted by molar-refractivity contribution is 0.0515. The zero-order chi connectivity index (χ0) is 13.7. The molecule has 19 heavy (non-hydrogen) atoms. The molecular formula is C16H30N2O. The maximum absolute atomic E-state index is 5.57. The van der Waals surface area contributed by atoms with Gasteiger partial charge in [-0.15, -0.1) is 0 Å². The second-order valence-electron chi connectivity index (χ2n) is 6.15. The minimum absolute atomic E-state index is 0.210. The van der Waals surface area contributed by atoms with Crippen molar-refractivity contribution in [1.82, 2.24) is 10.2 Å². The van der Waals surface area contributed by atoms with Crippen molar-refractivity contribution in [3.8, 4) is 0 Å². The van der Waals surface area contributed by atoms with Gasteiger partial charge in [0.2, 0.25) is 0 Å². The molecule has 0 aromatic carbocycles. The Hall–Kier alpha value is -0.540.